The van der Waals surface area contributed by atoms with Gasteiger partial charge < -0.3 is 4.57 Å². The van der Waals surface area contributed by atoms with Gasteiger partial charge in [-0.05, 0) is 74.1 Å². The molecule has 3 heteroatoms. The third-order valence-electron chi connectivity index (χ3n) is 10.5. The minimum absolute atomic E-state index is 0.883. The Bertz CT molecular complexity index is 3180. The highest BCUT2D eigenvalue weighted by atomic mass is 15.0. The summed E-state index contributed by atoms with van der Waals surface area (Å²) in [4.78, 5) is 10.4. The van der Waals surface area contributed by atoms with Gasteiger partial charge in [-0.25, -0.2) is 9.97 Å². The lowest BCUT2D eigenvalue weighted by atomic mass is 9.90. The molecule has 0 fully saturated rings. The molecule has 0 aliphatic carbocycles. The lowest BCUT2D eigenvalue weighted by molar-refractivity contribution is 1.19. The summed E-state index contributed by atoms with van der Waals surface area (Å²) in [5.74, 6) is 0. The van der Waals surface area contributed by atoms with E-state index in [0.717, 1.165) is 39.2 Å². The number of rotatable bonds is 3. The molecule has 0 saturated heterocycles. The first-order chi connectivity index (χ1) is 25.3. The molecule has 11 rings (SSSR count). The van der Waals surface area contributed by atoms with Gasteiger partial charge in [0.05, 0.1) is 33.5 Å². The number of aromatic nitrogens is 3. The zero-order chi connectivity index (χ0) is 33.5. The zero-order valence-electron chi connectivity index (χ0n) is 27.6. The van der Waals surface area contributed by atoms with Crippen molar-refractivity contribution < 1.29 is 0 Å². The topological polar surface area (TPSA) is 30.7 Å². The van der Waals surface area contributed by atoms with Crippen LogP contribution in [0.5, 0.6) is 0 Å². The molecule has 0 N–H and O–H groups in total. The first kappa shape index (κ1) is 28.0. The molecule has 0 radical (unpaired) electrons. The fourth-order valence-electron chi connectivity index (χ4n) is 8.30. The standard InChI is InChI=1S/C48H29N3/c1-3-14-31(15-4-1)46-47(50-42-22-12-11-21-41(42)49-46)32-23-25-38-40(29-32)36-20-10-9-19-35(36)37-26-27-39-44-34-18-8-7-13-30(34)24-28-43(44)51(48(39)45(37)38)33-16-5-2-6-17-33/h1-29H. The highest BCUT2D eigenvalue weighted by molar-refractivity contribution is 6.35. The summed E-state index contributed by atoms with van der Waals surface area (Å²) in [5.41, 5.74) is 9.23. The van der Waals surface area contributed by atoms with Gasteiger partial charge in [0.25, 0.3) is 0 Å². The van der Waals surface area contributed by atoms with E-state index in [0.29, 0.717) is 0 Å². The summed E-state index contributed by atoms with van der Waals surface area (Å²) < 4.78 is 2.48. The third kappa shape index (κ3) is 4.12. The Balaban J connectivity index is 1.31. The first-order valence-electron chi connectivity index (χ1n) is 17.4. The van der Waals surface area contributed by atoms with Crippen molar-refractivity contribution in [3.63, 3.8) is 0 Å². The molecular weight excluding hydrogens is 619 g/mol. The molecule has 0 bridgehead atoms. The van der Waals surface area contributed by atoms with E-state index in [-0.39, 0.29) is 0 Å². The Labute approximate surface area is 293 Å². The van der Waals surface area contributed by atoms with Crippen molar-refractivity contribution in [2.75, 3.05) is 0 Å². The molecule has 2 heterocycles. The van der Waals surface area contributed by atoms with Gasteiger partial charge in [-0.2, -0.15) is 0 Å². The van der Waals surface area contributed by atoms with Crippen molar-refractivity contribution in [3.8, 4) is 28.2 Å². The second kappa shape index (κ2) is 10.8. The second-order valence-corrected chi connectivity index (χ2v) is 13.3. The van der Waals surface area contributed by atoms with Crippen molar-refractivity contribution in [1.82, 2.24) is 14.5 Å². The van der Waals surface area contributed by atoms with E-state index in [1.54, 1.807) is 0 Å². The summed E-state index contributed by atoms with van der Waals surface area (Å²) in [6.45, 7) is 0. The van der Waals surface area contributed by atoms with Crippen molar-refractivity contribution in [2.24, 2.45) is 0 Å². The van der Waals surface area contributed by atoms with Crippen molar-refractivity contribution >= 4 is 75.9 Å². The normalized spacial score (nSPS) is 11.9. The smallest absolute Gasteiger partial charge is 0.0973 e. The maximum absolute atomic E-state index is 5.27. The Morgan fingerprint density at radius 1 is 0.353 bits per heavy atom. The van der Waals surface area contributed by atoms with Crippen LogP contribution < -0.4 is 0 Å². The van der Waals surface area contributed by atoms with Gasteiger partial charge in [0.2, 0.25) is 0 Å². The molecule has 11 aromatic rings. The molecule has 0 unspecified atom stereocenters. The molecule has 236 valence electrons. The zero-order valence-corrected chi connectivity index (χ0v) is 27.6. The average molecular weight is 648 g/mol. The number of hydrogen-bond acceptors (Lipinski definition) is 2. The van der Waals surface area contributed by atoms with Gasteiger partial charge in [0, 0.05) is 33.0 Å². The monoisotopic (exact) mass is 647 g/mol. The summed E-state index contributed by atoms with van der Waals surface area (Å²) in [6, 6.07) is 63.1. The molecule has 51 heavy (non-hydrogen) atoms. The molecule has 0 amide bonds. The van der Waals surface area contributed by atoms with Crippen LogP contribution in [0, 0.1) is 0 Å². The van der Waals surface area contributed by atoms with Crippen LogP contribution in [0.1, 0.15) is 0 Å². The van der Waals surface area contributed by atoms with E-state index in [4.69, 9.17) is 9.97 Å². The highest BCUT2D eigenvalue weighted by Crippen LogP contribution is 2.45. The van der Waals surface area contributed by atoms with Crippen molar-refractivity contribution in [3.05, 3.63) is 176 Å². The van der Waals surface area contributed by atoms with E-state index in [9.17, 15) is 0 Å². The Kier molecular flexibility index (Phi) is 5.96. The number of benzene rings is 9. The Hall–Kier alpha value is -6.84. The summed E-state index contributed by atoms with van der Waals surface area (Å²) in [6.07, 6.45) is 0. The highest BCUT2D eigenvalue weighted by Gasteiger charge is 2.21. The second-order valence-electron chi connectivity index (χ2n) is 13.3. The van der Waals surface area contributed by atoms with Crippen LogP contribution in [0.25, 0.3) is 104 Å². The molecule has 0 saturated carbocycles. The molecule has 9 aromatic carbocycles. The third-order valence-corrected chi connectivity index (χ3v) is 10.5. The lowest BCUT2D eigenvalue weighted by Crippen LogP contribution is -1.96. The number of fused-ring (bicyclic) bond motifs is 13. The molecule has 2 aromatic heterocycles. The quantitative estimate of drug-likeness (QED) is 0.179. The molecule has 0 spiro atoms. The first-order valence-corrected chi connectivity index (χ1v) is 17.4. The Morgan fingerprint density at radius 2 is 0.922 bits per heavy atom. The molecule has 0 aliphatic rings. The van der Waals surface area contributed by atoms with Crippen LogP contribution in [0.4, 0.5) is 0 Å². The molecule has 0 aliphatic heterocycles. The lowest BCUT2D eigenvalue weighted by Gasteiger charge is -2.16. The molecular formula is C48H29N3. The van der Waals surface area contributed by atoms with Crippen LogP contribution >= 0.6 is 0 Å². The van der Waals surface area contributed by atoms with Crippen LogP contribution in [0.15, 0.2) is 176 Å². The minimum Gasteiger partial charge on any atom is -0.309 e. The van der Waals surface area contributed by atoms with Crippen LogP contribution in [0.3, 0.4) is 0 Å². The van der Waals surface area contributed by atoms with Gasteiger partial charge >= 0.3 is 0 Å². The summed E-state index contributed by atoms with van der Waals surface area (Å²) >= 11 is 0. The van der Waals surface area contributed by atoms with E-state index in [2.05, 4.69) is 150 Å². The largest absolute Gasteiger partial charge is 0.309 e. The van der Waals surface area contributed by atoms with Crippen LogP contribution in [-0.4, -0.2) is 14.5 Å². The summed E-state index contributed by atoms with van der Waals surface area (Å²) in [5, 5.41) is 12.4. The van der Waals surface area contributed by atoms with Gasteiger partial charge in [0.1, 0.15) is 0 Å². The summed E-state index contributed by atoms with van der Waals surface area (Å²) in [7, 11) is 0. The van der Waals surface area contributed by atoms with Gasteiger partial charge in [-0.15, -0.1) is 0 Å². The van der Waals surface area contributed by atoms with Crippen molar-refractivity contribution in [1.29, 1.82) is 0 Å². The van der Waals surface area contributed by atoms with Gasteiger partial charge in [0.15, 0.2) is 0 Å². The predicted molar refractivity (Wildman–Crippen MR) is 215 cm³/mol. The predicted octanol–water partition coefficient (Wildman–Crippen LogP) is 12.7. The van der Waals surface area contributed by atoms with E-state index < -0.39 is 0 Å². The van der Waals surface area contributed by atoms with Crippen LogP contribution in [0.2, 0.25) is 0 Å². The molecule has 0 atom stereocenters. The fourth-order valence-corrected chi connectivity index (χ4v) is 8.30. The number of nitrogens with zero attached hydrogens (tertiary/aromatic N) is 3. The van der Waals surface area contributed by atoms with E-state index in [1.165, 1.54) is 64.9 Å². The minimum atomic E-state index is 0.883. The maximum Gasteiger partial charge on any atom is 0.0973 e. The van der Waals surface area contributed by atoms with Gasteiger partial charge in [-0.1, -0.05) is 140 Å². The SMILES string of the molecule is c1ccc(-c2nc3ccccc3nc2-c2ccc3c(c2)c2ccccc2c2ccc4c5c6ccccc6ccc5n(-c5ccccc5)c4c23)cc1. The maximum atomic E-state index is 5.27. The average Bonchev–Trinajstić information content (AvgIpc) is 3.56. The molecule has 3 nitrogen and oxygen atoms in total. The van der Waals surface area contributed by atoms with E-state index in [1.807, 2.05) is 30.3 Å². The van der Waals surface area contributed by atoms with Crippen molar-refractivity contribution in [2.45, 2.75) is 0 Å². The van der Waals surface area contributed by atoms with Gasteiger partial charge in [-0.3, -0.25) is 0 Å². The number of para-hydroxylation sites is 3. The fraction of sp³-hybridized carbons (Fsp3) is 0. The Morgan fingerprint density at radius 3 is 1.69 bits per heavy atom. The van der Waals surface area contributed by atoms with Crippen LogP contribution in [-0.2, 0) is 0 Å². The van der Waals surface area contributed by atoms with E-state index >= 15 is 0 Å². The number of hydrogen-bond donors (Lipinski definition) is 0.